The maximum absolute atomic E-state index is 9.88. The number of benzene rings is 2. The second kappa shape index (κ2) is 7.34. The Morgan fingerprint density at radius 2 is 1.75 bits per heavy atom. The molecule has 1 nitrogen and oxygen atoms in total. The van der Waals surface area contributed by atoms with Crippen LogP contribution in [0.5, 0.6) is 0 Å². The molecule has 0 bridgehead atoms. The molecule has 0 unspecified atom stereocenters. The van der Waals surface area contributed by atoms with Crippen LogP contribution in [-0.2, 0) is 0 Å². The Labute approximate surface area is 121 Å². The average Bonchev–Trinajstić information content (AvgIpc) is 2.49. The van der Waals surface area contributed by atoms with Crippen molar-refractivity contribution in [2.45, 2.75) is 20.8 Å². The molecule has 2 rings (SSSR count). The number of aliphatic hydroxyl groups is 1. The number of hydrogen-bond donors (Lipinski definition) is 1. The molecule has 0 aliphatic rings. The van der Waals surface area contributed by atoms with Gasteiger partial charge in [0, 0.05) is 5.57 Å². The number of allylic oxidation sites excluding steroid dienone is 3. The first-order valence-corrected chi connectivity index (χ1v) is 6.85. The van der Waals surface area contributed by atoms with Crippen LogP contribution in [0.2, 0.25) is 0 Å². The predicted molar refractivity (Wildman–Crippen MR) is 90.0 cm³/mol. The molecular formula is C19H22O. The Kier molecular flexibility index (Phi) is 5.79. The van der Waals surface area contributed by atoms with E-state index in [0.29, 0.717) is 5.57 Å². The molecule has 2 aromatic carbocycles. The summed E-state index contributed by atoms with van der Waals surface area (Å²) in [5, 5.41) is 12.1. The molecule has 1 N–H and O–H groups in total. The van der Waals surface area contributed by atoms with Crippen molar-refractivity contribution in [3.63, 3.8) is 0 Å². The van der Waals surface area contributed by atoms with Gasteiger partial charge in [-0.05, 0) is 29.3 Å². The molecule has 0 heterocycles. The summed E-state index contributed by atoms with van der Waals surface area (Å²) in [7, 11) is 0. The van der Waals surface area contributed by atoms with E-state index in [9.17, 15) is 5.11 Å². The lowest BCUT2D eigenvalue weighted by Gasteiger charge is -2.09. The normalized spacial score (nSPS) is 11.2. The lowest BCUT2D eigenvalue weighted by Crippen LogP contribution is -1.89. The third-order valence-electron chi connectivity index (χ3n) is 3.00. The minimum atomic E-state index is 0.151. The van der Waals surface area contributed by atoms with Gasteiger partial charge in [0.25, 0.3) is 0 Å². The van der Waals surface area contributed by atoms with Gasteiger partial charge in [-0.3, -0.25) is 0 Å². The Bertz CT molecular complexity index is 648. The van der Waals surface area contributed by atoms with E-state index in [4.69, 9.17) is 0 Å². The number of rotatable bonds is 3. The molecule has 20 heavy (non-hydrogen) atoms. The summed E-state index contributed by atoms with van der Waals surface area (Å²) in [5.74, 6) is 0.151. The molecule has 0 fully saturated rings. The fraction of sp³-hybridized carbons (Fsp3) is 0.158. The van der Waals surface area contributed by atoms with Crippen molar-refractivity contribution in [1.82, 2.24) is 0 Å². The minimum Gasteiger partial charge on any atom is -0.507 e. The van der Waals surface area contributed by atoms with Crippen LogP contribution in [0.3, 0.4) is 0 Å². The van der Waals surface area contributed by atoms with Crippen molar-refractivity contribution < 1.29 is 5.11 Å². The molecule has 1 heteroatoms. The van der Waals surface area contributed by atoms with Crippen molar-refractivity contribution in [3.8, 4) is 0 Å². The topological polar surface area (TPSA) is 20.2 Å². The first kappa shape index (κ1) is 15.8. The summed E-state index contributed by atoms with van der Waals surface area (Å²) in [4.78, 5) is 0. The monoisotopic (exact) mass is 266 g/mol. The molecular weight excluding hydrogens is 244 g/mol. The van der Waals surface area contributed by atoms with Gasteiger partial charge in [0.05, 0.1) is 0 Å². The molecule has 0 saturated heterocycles. The first-order chi connectivity index (χ1) is 9.67. The Hall–Kier alpha value is -2.28. The SMILES string of the molecule is C=C/C(O)=C(\C=C)c1cccc2cc(C)ccc12.CC. The zero-order valence-electron chi connectivity index (χ0n) is 12.5. The molecule has 2 aromatic rings. The summed E-state index contributed by atoms with van der Waals surface area (Å²) in [6.45, 7) is 13.4. The van der Waals surface area contributed by atoms with Gasteiger partial charge in [-0.15, -0.1) is 0 Å². The fourth-order valence-electron chi connectivity index (χ4n) is 2.10. The third-order valence-corrected chi connectivity index (χ3v) is 3.00. The number of fused-ring (bicyclic) bond motifs is 1. The smallest absolute Gasteiger partial charge is 0.122 e. The van der Waals surface area contributed by atoms with Crippen LogP contribution in [-0.4, -0.2) is 5.11 Å². The summed E-state index contributed by atoms with van der Waals surface area (Å²) < 4.78 is 0. The van der Waals surface area contributed by atoms with Crippen molar-refractivity contribution in [2.75, 3.05) is 0 Å². The van der Waals surface area contributed by atoms with E-state index in [1.807, 2.05) is 26.0 Å². The summed E-state index contributed by atoms with van der Waals surface area (Å²) in [6.07, 6.45) is 3.09. The van der Waals surface area contributed by atoms with Gasteiger partial charge in [0.1, 0.15) is 5.76 Å². The first-order valence-electron chi connectivity index (χ1n) is 6.85. The van der Waals surface area contributed by atoms with E-state index < -0.39 is 0 Å². The molecule has 0 spiro atoms. The summed E-state index contributed by atoms with van der Waals surface area (Å²) in [6, 6.07) is 12.3. The van der Waals surface area contributed by atoms with Gasteiger partial charge >= 0.3 is 0 Å². The van der Waals surface area contributed by atoms with Gasteiger partial charge in [0.2, 0.25) is 0 Å². The Balaban J connectivity index is 0.000000956. The van der Waals surface area contributed by atoms with Gasteiger partial charge in [-0.2, -0.15) is 0 Å². The van der Waals surface area contributed by atoms with E-state index in [1.54, 1.807) is 6.08 Å². The van der Waals surface area contributed by atoms with Crippen molar-refractivity contribution >= 4 is 16.3 Å². The van der Waals surface area contributed by atoms with Crippen LogP contribution in [0.4, 0.5) is 0 Å². The quantitative estimate of drug-likeness (QED) is 0.548. The fourth-order valence-corrected chi connectivity index (χ4v) is 2.10. The van der Waals surface area contributed by atoms with Crippen LogP contribution < -0.4 is 0 Å². The summed E-state index contributed by atoms with van der Waals surface area (Å²) in [5.41, 5.74) is 2.90. The molecule has 104 valence electrons. The Morgan fingerprint density at radius 3 is 2.35 bits per heavy atom. The van der Waals surface area contributed by atoms with E-state index in [0.717, 1.165) is 16.3 Å². The van der Waals surface area contributed by atoms with Crippen molar-refractivity contribution in [1.29, 1.82) is 0 Å². The van der Waals surface area contributed by atoms with Crippen LogP contribution in [0.15, 0.2) is 67.5 Å². The van der Waals surface area contributed by atoms with E-state index in [1.165, 1.54) is 11.6 Å². The molecule has 0 amide bonds. The van der Waals surface area contributed by atoms with Gasteiger partial charge in [-0.1, -0.05) is 75.0 Å². The zero-order valence-corrected chi connectivity index (χ0v) is 12.5. The van der Waals surface area contributed by atoms with Crippen LogP contribution in [0.25, 0.3) is 16.3 Å². The third kappa shape index (κ3) is 3.18. The molecule has 0 saturated carbocycles. The largest absolute Gasteiger partial charge is 0.507 e. The van der Waals surface area contributed by atoms with Gasteiger partial charge in [-0.25, -0.2) is 0 Å². The zero-order chi connectivity index (χ0) is 15.1. The number of aryl methyl sites for hydroxylation is 1. The lowest BCUT2D eigenvalue weighted by molar-refractivity contribution is 0.436. The maximum Gasteiger partial charge on any atom is 0.122 e. The number of aliphatic hydroxyl groups excluding tert-OH is 1. The number of hydrogen-bond acceptors (Lipinski definition) is 1. The molecule has 0 atom stereocenters. The average molecular weight is 266 g/mol. The van der Waals surface area contributed by atoms with Gasteiger partial charge < -0.3 is 5.11 Å². The summed E-state index contributed by atoms with van der Waals surface area (Å²) >= 11 is 0. The van der Waals surface area contributed by atoms with Crippen LogP contribution >= 0.6 is 0 Å². The van der Waals surface area contributed by atoms with E-state index >= 15 is 0 Å². The second-order valence-electron chi connectivity index (χ2n) is 4.24. The highest BCUT2D eigenvalue weighted by atomic mass is 16.3. The highest BCUT2D eigenvalue weighted by molar-refractivity contribution is 5.97. The molecule has 0 aromatic heterocycles. The Morgan fingerprint density at radius 1 is 1.05 bits per heavy atom. The van der Waals surface area contributed by atoms with Crippen molar-refractivity contribution in [3.05, 3.63) is 78.6 Å². The maximum atomic E-state index is 9.88. The molecule has 0 aliphatic heterocycles. The van der Waals surface area contributed by atoms with Crippen LogP contribution in [0, 0.1) is 6.92 Å². The predicted octanol–water partition coefficient (Wildman–Crippen LogP) is 5.82. The van der Waals surface area contributed by atoms with Crippen molar-refractivity contribution in [2.24, 2.45) is 0 Å². The molecule has 0 radical (unpaired) electrons. The molecule has 0 aliphatic carbocycles. The van der Waals surface area contributed by atoms with E-state index in [-0.39, 0.29) is 5.76 Å². The van der Waals surface area contributed by atoms with Gasteiger partial charge in [0.15, 0.2) is 0 Å². The lowest BCUT2D eigenvalue weighted by atomic mass is 9.96. The minimum absolute atomic E-state index is 0.151. The van der Waals surface area contributed by atoms with E-state index in [2.05, 4.69) is 44.3 Å². The highest BCUT2D eigenvalue weighted by Gasteiger charge is 2.07. The van der Waals surface area contributed by atoms with Crippen LogP contribution in [0.1, 0.15) is 25.0 Å². The standard InChI is InChI=1S/C17H16O.C2H6/c1-4-14(17(18)5-2)16-8-6-7-13-11-12(3)9-10-15(13)16;1-2/h4-11,18H,1-2H2,3H3;1-2H3/b17-14-;. The highest BCUT2D eigenvalue weighted by Crippen LogP contribution is 2.28. The second-order valence-corrected chi connectivity index (χ2v) is 4.24.